The Labute approximate surface area is 117 Å². The Morgan fingerprint density at radius 2 is 2.16 bits per heavy atom. The van der Waals surface area contributed by atoms with Gasteiger partial charge in [-0.2, -0.15) is 0 Å². The van der Waals surface area contributed by atoms with Crippen LogP contribution < -0.4 is 5.32 Å². The summed E-state index contributed by atoms with van der Waals surface area (Å²) in [6.45, 7) is 4.44. The number of carbonyl (C=O) groups is 1. The van der Waals surface area contributed by atoms with Crippen molar-refractivity contribution in [3.05, 3.63) is 29.6 Å². The topological polar surface area (TPSA) is 41.6 Å². The Bertz CT molecular complexity index is 450. The van der Waals surface area contributed by atoms with Crippen LogP contribution in [0.15, 0.2) is 23.1 Å². The molecule has 0 radical (unpaired) electrons. The highest BCUT2D eigenvalue weighted by Crippen LogP contribution is 2.13. The smallest absolute Gasteiger partial charge is 0.254 e. The molecule has 6 heteroatoms. The molecule has 0 bridgehead atoms. The number of nitrogens with one attached hydrogen (secondary N) is 1. The molecule has 1 aromatic carbocycles. The van der Waals surface area contributed by atoms with E-state index in [9.17, 15) is 9.18 Å². The lowest BCUT2D eigenvalue weighted by molar-refractivity contribution is 0.0383. The fourth-order valence-corrected chi connectivity index (χ4v) is 2.14. The van der Waals surface area contributed by atoms with E-state index in [4.69, 9.17) is 4.74 Å². The molecule has 104 valence electrons. The number of halogens is 1. The highest BCUT2D eigenvalue weighted by molar-refractivity contribution is 7.80. The molecule has 4 nitrogen and oxygen atoms in total. The van der Waals surface area contributed by atoms with Crippen LogP contribution >= 0.6 is 12.6 Å². The number of benzene rings is 1. The van der Waals surface area contributed by atoms with E-state index in [1.807, 2.05) is 0 Å². The van der Waals surface area contributed by atoms with Gasteiger partial charge in [-0.1, -0.05) is 0 Å². The van der Waals surface area contributed by atoms with Gasteiger partial charge in [-0.15, -0.1) is 12.6 Å². The summed E-state index contributed by atoms with van der Waals surface area (Å²) < 4.78 is 18.7. The molecule has 1 aromatic rings. The second-order valence-electron chi connectivity index (χ2n) is 4.37. The first kappa shape index (κ1) is 14.3. The van der Waals surface area contributed by atoms with E-state index in [0.717, 1.165) is 32.8 Å². The normalized spacial score (nSPS) is 16.3. The molecule has 1 aliphatic rings. The largest absolute Gasteiger partial charge is 0.379 e. The summed E-state index contributed by atoms with van der Waals surface area (Å²) in [5, 5.41) is 2.72. The van der Waals surface area contributed by atoms with Crippen LogP contribution in [0.25, 0.3) is 0 Å². The summed E-state index contributed by atoms with van der Waals surface area (Å²) in [7, 11) is 0. The fraction of sp³-hybridized carbons (Fsp3) is 0.462. The minimum Gasteiger partial charge on any atom is -0.379 e. The van der Waals surface area contributed by atoms with Crippen molar-refractivity contribution in [1.29, 1.82) is 0 Å². The van der Waals surface area contributed by atoms with Gasteiger partial charge in [-0.25, -0.2) is 4.39 Å². The van der Waals surface area contributed by atoms with E-state index < -0.39 is 11.7 Å². The maximum Gasteiger partial charge on any atom is 0.254 e. The Balaban J connectivity index is 1.82. The van der Waals surface area contributed by atoms with Crippen LogP contribution in [0.3, 0.4) is 0 Å². The van der Waals surface area contributed by atoms with Crippen LogP contribution in [0.4, 0.5) is 4.39 Å². The van der Waals surface area contributed by atoms with Gasteiger partial charge in [0.2, 0.25) is 0 Å². The van der Waals surface area contributed by atoms with Gasteiger partial charge >= 0.3 is 0 Å². The average molecular weight is 284 g/mol. The SMILES string of the molecule is O=C(NCCN1CCOCC1)c1cc(S)ccc1F. The lowest BCUT2D eigenvalue weighted by Gasteiger charge is -2.26. The number of rotatable bonds is 4. The Morgan fingerprint density at radius 1 is 1.42 bits per heavy atom. The van der Waals surface area contributed by atoms with Crippen molar-refractivity contribution in [2.45, 2.75) is 4.90 Å². The second-order valence-corrected chi connectivity index (χ2v) is 4.89. The van der Waals surface area contributed by atoms with E-state index in [2.05, 4.69) is 22.8 Å². The Hall–Kier alpha value is -1.11. The molecule has 1 aliphatic heterocycles. The zero-order chi connectivity index (χ0) is 13.7. The number of carbonyl (C=O) groups excluding carboxylic acids is 1. The zero-order valence-electron chi connectivity index (χ0n) is 10.6. The van der Waals surface area contributed by atoms with E-state index in [1.54, 1.807) is 0 Å². The molecule has 1 saturated heterocycles. The number of thiol groups is 1. The fourth-order valence-electron chi connectivity index (χ4n) is 1.93. The number of morpholine rings is 1. The molecule has 0 spiro atoms. The Morgan fingerprint density at radius 3 is 2.89 bits per heavy atom. The summed E-state index contributed by atoms with van der Waals surface area (Å²) in [5.74, 6) is -0.927. The number of nitrogens with zero attached hydrogens (tertiary/aromatic N) is 1. The van der Waals surface area contributed by atoms with Crippen LogP contribution in [-0.2, 0) is 4.74 Å². The van der Waals surface area contributed by atoms with Gasteiger partial charge in [0.15, 0.2) is 0 Å². The monoisotopic (exact) mass is 284 g/mol. The molecule has 0 atom stereocenters. The quantitative estimate of drug-likeness (QED) is 0.816. The molecule has 1 heterocycles. The van der Waals surface area contributed by atoms with Crippen LogP contribution in [0.2, 0.25) is 0 Å². The first-order chi connectivity index (χ1) is 9.16. The molecule has 2 rings (SSSR count). The molecule has 0 saturated carbocycles. The molecule has 1 fully saturated rings. The summed E-state index contributed by atoms with van der Waals surface area (Å²) in [4.78, 5) is 14.6. The summed E-state index contributed by atoms with van der Waals surface area (Å²) in [6.07, 6.45) is 0. The molecule has 0 aliphatic carbocycles. The zero-order valence-corrected chi connectivity index (χ0v) is 11.5. The number of ether oxygens (including phenoxy) is 1. The first-order valence-electron chi connectivity index (χ1n) is 6.23. The minimum atomic E-state index is -0.526. The average Bonchev–Trinajstić information content (AvgIpc) is 2.42. The predicted molar refractivity (Wildman–Crippen MR) is 73.2 cm³/mol. The van der Waals surface area contributed by atoms with Crippen molar-refractivity contribution in [2.75, 3.05) is 39.4 Å². The van der Waals surface area contributed by atoms with Gasteiger partial charge in [0.05, 0.1) is 18.8 Å². The molecular formula is C13H17FN2O2S. The lowest BCUT2D eigenvalue weighted by atomic mass is 10.2. The van der Waals surface area contributed by atoms with Gasteiger partial charge in [-0.05, 0) is 18.2 Å². The first-order valence-corrected chi connectivity index (χ1v) is 6.68. The van der Waals surface area contributed by atoms with Gasteiger partial charge in [0.1, 0.15) is 5.82 Å². The van der Waals surface area contributed by atoms with Crippen LogP contribution in [-0.4, -0.2) is 50.2 Å². The van der Waals surface area contributed by atoms with Crippen LogP contribution in [0.1, 0.15) is 10.4 Å². The van der Waals surface area contributed by atoms with Crippen LogP contribution in [0.5, 0.6) is 0 Å². The molecular weight excluding hydrogens is 267 g/mol. The van der Waals surface area contributed by atoms with Crippen LogP contribution in [0, 0.1) is 5.82 Å². The van der Waals surface area contributed by atoms with Crippen molar-refractivity contribution in [1.82, 2.24) is 10.2 Å². The van der Waals surface area contributed by atoms with E-state index in [-0.39, 0.29) is 5.56 Å². The maximum absolute atomic E-state index is 13.5. The van der Waals surface area contributed by atoms with Gasteiger partial charge < -0.3 is 10.1 Å². The summed E-state index contributed by atoms with van der Waals surface area (Å²) in [6, 6.07) is 4.20. The standard InChI is InChI=1S/C13H17FN2O2S/c14-12-2-1-10(19)9-11(12)13(17)15-3-4-16-5-7-18-8-6-16/h1-2,9,19H,3-8H2,(H,15,17). The van der Waals surface area contributed by atoms with Gasteiger partial charge in [-0.3, -0.25) is 9.69 Å². The molecule has 0 unspecified atom stereocenters. The summed E-state index contributed by atoms with van der Waals surface area (Å²) in [5.41, 5.74) is 0.0366. The number of hydrogen-bond acceptors (Lipinski definition) is 4. The van der Waals surface area contributed by atoms with E-state index in [1.165, 1.54) is 18.2 Å². The van der Waals surface area contributed by atoms with Gasteiger partial charge in [0, 0.05) is 31.1 Å². The minimum absolute atomic E-state index is 0.0366. The Kier molecular flexibility index (Phi) is 5.18. The summed E-state index contributed by atoms with van der Waals surface area (Å²) >= 11 is 4.10. The van der Waals surface area contributed by atoms with Gasteiger partial charge in [0.25, 0.3) is 5.91 Å². The highest BCUT2D eigenvalue weighted by Gasteiger charge is 2.13. The van der Waals surface area contributed by atoms with E-state index in [0.29, 0.717) is 11.4 Å². The molecule has 1 amide bonds. The van der Waals surface area contributed by atoms with Crippen molar-refractivity contribution >= 4 is 18.5 Å². The molecule has 1 N–H and O–H groups in total. The number of hydrogen-bond donors (Lipinski definition) is 2. The molecule has 19 heavy (non-hydrogen) atoms. The number of amides is 1. The third kappa shape index (κ3) is 4.19. The van der Waals surface area contributed by atoms with Crippen molar-refractivity contribution in [2.24, 2.45) is 0 Å². The molecule has 0 aromatic heterocycles. The van der Waals surface area contributed by atoms with E-state index >= 15 is 0 Å². The third-order valence-electron chi connectivity index (χ3n) is 3.01. The maximum atomic E-state index is 13.5. The van der Waals surface area contributed by atoms with Crippen molar-refractivity contribution in [3.8, 4) is 0 Å². The highest BCUT2D eigenvalue weighted by atomic mass is 32.1. The third-order valence-corrected chi connectivity index (χ3v) is 3.29. The second kappa shape index (κ2) is 6.88. The lowest BCUT2D eigenvalue weighted by Crippen LogP contribution is -2.41. The van der Waals surface area contributed by atoms with Crippen molar-refractivity contribution < 1.29 is 13.9 Å². The van der Waals surface area contributed by atoms with Crippen molar-refractivity contribution in [3.63, 3.8) is 0 Å². The predicted octanol–water partition coefficient (Wildman–Crippen LogP) is 1.18.